The Balaban J connectivity index is 1.31. The van der Waals surface area contributed by atoms with Gasteiger partial charge in [-0.25, -0.2) is 0 Å². The standard InChI is InChI=1S/C24H26N4OS/c25-22(26-14-15-6-2-1-3-7-15)21-23(29)28-30-24(21)27-18-10-11-20-17(13-18)12-16-8-4-5-9-19(16)20/h4-5,8-11,13,15,27H,1-3,6-7,12,14H2,(H2,25,26)(H,28,29). The number of fused-ring (bicyclic) bond motifs is 3. The number of benzene rings is 2. The van der Waals surface area contributed by atoms with Crippen LogP contribution in [0.25, 0.3) is 11.1 Å². The normalized spacial score (nSPS) is 15.5. The van der Waals surface area contributed by atoms with Crippen LogP contribution in [0.2, 0.25) is 0 Å². The second-order valence-corrected chi connectivity index (χ2v) is 9.07. The van der Waals surface area contributed by atoms with Crippen molar-refractivity contribution in [3.63, 3.8) is 0 Å². The second kappa shape index (κ2) is 8.11. The molecule has 0 spiro atoms. The van der Waals surface area contributed by atoms with E-state index in [1.165, 1.54) is 65.9 Å². The summed E-state index contributed by atoms with van der Waals surface area (Å²) in [4.78, 5) is 0. The molecular formula is C24H26N4OS. The number of hydrogen-bond acceptors (Lipinski definition) is 5. The van der Waals surface area contributed by atoms with E-state index in [0.717, 1.165) is 18.7 Å². The Hall–Kier alpha value is -2.86. The maximum absolute atomic E-state index is 10.3. The first-order valence-corrected chi connectivity index (χ1v) is 11.5. The van der Waals surface area contributed by atoms with Crippen LogP contribution in [-0.2, 0) is 6.42 Å². The molecule has 2 aromatic carbocycles. The van der Waals surface area contributed by atoms with Crippen LogP contribution in [0, 0.1) is 11.3 Å². The highest BCUT2D eigenvalue weighted by Crippen LogP contribution is 2.39. The van der Waals surface area contributed by atoms with Crippen LogP contribution in [0.4, 0.5) is 10.7 Å². The van der Waals surface area contributed by atoms with E-state index in [1.54, 1.807) is 0 Å². The van der Waals surface area contributed by atoms with Gasteiger partial charge in [0, 0.05) is 12.2 Å². The molecular weight excluding hydrogens is 392 g/mol. The lowest BCUT2D eigenvalue weighted by atomic mass is 9.89. The van der Waals surface area contributed by atoms with Crippen molar-refractivity contribution >= 4 is 28.1 Å². The van der Waals surface area contributed by atoms with E-state index in [0.29, 0.717) is 16.5 Å². The third-order valence-corrected chi connectivity index (χ3v) is 7.02. The predicted octanol–water partition coefficient (Wildman–Crippen LogP) is 5.66. The Bertz CT molecular complexity index is 1080. The third kappa shape index (κ3) is 3.67. The lowest BCUT2D eigenvalue weighted by Crippen LogP contribution is -2.30. The molecule has 3 aromatic rings. The first-order valence-electron chi connectivity index (χ1n) is 10.7. The zero-order valence-corrected chi connectivity index (χ0v) is 17.7. The molecule has 6 heteroatoms. The van der Waals surface area contributed by atoms with Gasteiger partial charge in [0.15, 0.2) is 0 Å². The van der Waals surface area contributed by atoms with Gasteiger partial charge in [-0.05, 0) is 71.1 Å². The number of nitrogens with zero attached hydrogens (tertiary/aromatic N) is 1. The van der Waals surface area contributed by atoms with E-state index in [1.807, 2.05) is 0 Å². The topological polar surface area (TPSA) is 81.0 Å². The number of amidine groups is 1. The molecule has 0 aliphatic heterocycles. The predicted molar refractivity (Wildman–Crippen MR) is 123 cm³/mol. The summed E-state index contributed by atoms with van der Waals surface area (Å²) in [6.07, 6.45) is 7.25. The van der Waals surface area contributed by atoms with Gasteiger partial charge in [-0.2, -0.15) is 4.37 Å². The molecule has 5 rings (SSSR count). The molecule has 1 fully saturated rings. The van der Waals surface area contributed by atoms with E-state index in [9.17, 15) is 5.11 Å². The van der Waals surface area contributed by atoms with Crippen molar-refractivity contribution in [2.75, 3.05) is 11.9 Å². The average Bonchev–Trinajstić information content (AvgIpc) is 3.32. The summed E-state index contributed by atoms with van der Waals surface area (Å²) in [6.45, 7) is 0.782. The van der Waals surface area contributed by atoms with Crippen LogP contribution in [0.5, 0.6) is 5.88 Å². The molecule has 1 saturated carbocycles. The van der Waals surface area contributed by atoms with Crippen molar-refractivity contribution in [3.8, 4) is 17.0 Å². The SMILES string of the molecule is N=C(NCC1CCCCC1)c1c(O)nsc1Nc1ccc2c(c1)Cc1ccccc1-2. The van der Waals surface area contributed by atoms with Crippen LogP contribution in [-0.4, -0.2) is 21.9 Å². The van der Waals surface area contributed by atoms with Crippen LogP contribution in [0.15, 0.2) is 42.5 Å². The van der Waals surface area contributed by atoms with Gasteiger partial charge in [-0.15, -0.1) is 0 Å². The molecule has 4 N–H and O–H groups in total. The quantitative estimate of drug-likeness (QED) is 0.249. The van der Waals surface area contributed by atoms with E-state index in [4.69, 9.17) is 5.41 Å². The van der Waals surface area contributed by atoms with Gasteiger partial charge in [0.1, 0.15) is 16.4 Å². The van der Waals surface area contributed by atoms with Crippen molar-refractivity contribution < 1.29 is 5.11 Å². The van der Waals surface area contributed by atoms with Crippen LogP contribution in [0.1, 0.15) is 48.8 Å². The number of aromatic hydroxyl groups is 1. The molecule has 0 radical (unpaired) electrons. The first kappa shape index (κ1) is 19.1. The van der Waals surface area contributed by atoms with Gasteiger partial charge in [-0.1, -0.05) is 49.6 Å². The summed E-state index contributed by atoms with van der Waals surface area (Å²) in [5, 5.41) is 26.1. The van der Waals surface area contributed by atoms with E-state index in [2.05, 4.69) is 57.5 Å². The van der Waals surface area contributed by atoms with Crippen LogP contribution >= 0.6 is 11.5 Å². The van der Waals surface area contributed by atoms with Crippen molar-refractivity contribution in [1.29, 1.82) is 5.41 Å². The van der Waals surface area contributed by atoms with Crippen molar-refractivity contribution in [1.82, 2.24) is 9.69 Å². The van der Waals surface area contributed by atoms with Gasteiger partial charge in [0.05, 0.1) is 0 Å². The minimum atomic E-state index is -0.0859. The van der Waals surface area contributed by atoms with Crippen LogP contribution < -0.4 is 10.6 Å². The summed E-state index contributed by atoms with van der Waals surface area (Å²) in [5.74, 6) is 0.766. The van der Waals surface area contributed by atoms with Gasteiger partial charge in [0.25, 0.3) is 0 Å². The van der Waals surface area contributed by atoms with E-state index >= 15 is 0 Å². The zero-order valence-electron chi connectivity index (χ0n) is 16.9. The molecule has 2 aliphatic carbocycles. The van der Waals surface area contributed by atoms with Crippen molar-refractivity contribution in [2.45, 2.75) is 38.5 Å². The Kier molecular flexibility index (Phi) is 5.17. The monoisotopic (exact) mass is 418 g/mol. The molecule has 0 bridgehead atoms. The third-order valence-electron chi connectivity index (χ3n) is 6.27. The summed E-state index contributed by atoms with van der Waals surface area (Å²) in [7, 11) is 0. The molecule has 154 valence electrons. The first-order chi connectivity index (χ1) is 14.7. The molecule has 0 amide bonds. The van der Waals surface area contributed by atoms with Crippen LogP contribution in [0.3, 0.4) is 0 Å². The minimum Gasteiger partial charge on any atom is -0.492 e. The maximum atomic E-state index is 10.3. The van der Waals surface area contributed by atoms with Crippen molar-refractivity contribution in [3.05, 3.63) is 59.2 Å². The van der Waals surface area contributed by atoms with Crippen molar-refractivity contribution in [2.24, 2.45) is 5.92 Å². The number of rotatable bonds is 5. The number of anilines is 2. The molecule has 5 nitrogen and oxygen atoms in total. The summed E-state index contributed by atoms with van der Waals surface area (Å²) < 4.78 is 4.09. The summed E-state index contributed by atoms with van der Waals surface area (Å²) in [6, 6.07) is 14.9. The molecule has 0 saturated heterocycles. The lowest BCUT2D eigenvalue weighted by molar-refractivity contribution is 0.356. The average molecular weight is 419 g/mol. The fourth-order valence-electron chi connectivity index (χ4n) is 4.67. The molecule has 2 aliphatic rings. The Morgan fingerprint density at radius 1 is 1.07 bits per heavy atom. The van der Waals surface area contributed by atoms with Gasteiger partial charge in [0.2, 0.25) is 5.88 Å². The lowest BCUT2D eigenvalue weighted by Gasteiger charge is -2.22. The van der Waals surface area contributed by atoms with E-state index < -0.39 is 0 Å². The maximum Gasteiger partial charge on any atom is 0.236 e. The minimum absolute atomic E-state index is 0.0859. The molecule has 30 heavy (non-hydrogen) atoms. The highest BCUT2D eigenvalue weighted by Gasteiger charge is 2.22. The molecule has 0 unspecified atom stereocenters. The Labute approximate surface area is 180 Å². The number of hydrogen-bond donors (Lipinski definition) is 4. The molecule has 1 heterocycles. The van der Waals surface area contributed by atoms with Gasteiger partial charge in [-0.3, -0.25) is 5.41 Å². The highest BCUT2D eigenvalue weighted by atomic mass is 32.1. The number of aromatic nitrogens is 1. The largest absolute Gasteiger partial charge is 0.492 e. The van der Waals surface area contributed by atoms with Gasteiger partial charge >= 0.3 is 0 Å². The zero-order chi connectivity index (χ0) is 20.5. The second-order valence-electron chi connectivity index (χ2n) is 8.30. The number of nitrogens with one attached hydrogen (secondary N) is 3. The summed E-state index contributed by atoms with van der Waals surface area (Å²) >= 11 is 1.19. The highest BCUT2D eigenvalue weighted by molar-refractivity contribution is 7.11. The fourth-order valence-corrected chi connectivity index (χ4v) is 5.39. The Morgan fingerprint density at radius 2 is 1.87 bits per heavy atom. The van der Waals surface area contributed by atoms with Gasteiger partial charge < -0.3 is 15.7 Å². The Morgan fingerprint density at radius 3 is 2.73 bits per heavy atom. The smallest absolute Gasteiger partial charge is 0.236 e. The summed E-state index contributed by atoms with van der Waals surface area (Å²) in [5.41, 5.74) is 6.65. The molecule has 0 atom stereocenters. The fraction of sp³-hybridized carbons (Fsp3) is 0.333. The van der Waals surface area contributed by atoms with E-state index in [-0.39, 0.29) is 11.7 Å². The molecule has 1 aromatic heterocycles.